The Hall–Kier alpha value is -0.693. The van der Waals surface area contributed by atoms with Crippen molar-refractivity contribution in [3.63, 3.8) is 0 Å². The summed E-state index contributed by atoms with van der Waals surface area (Å²) in [6.45, 7) is 11.5. The number of esters is 1. The maximum atomic E-state index is 11.1. The molecule has 130 valence electrons. The molecule has 0 spiro atoms. The monoisotopic (exact) mass is 332 g/mol. The van der Waals surface area contributed by atoms with Crippen molar-refractivity contribution in [3.8, 4) is 0 Å². The molecule has 0 heterocycles. The van der Waals surface area contributed by atoms with Crippen molar-refractivity contribution < 1.29 is 22.8 Å². The normalized spacial score (nSPS) is 12.4. The number of carbonyl (C=O) groups excluding carboxylic acids is 1. The fraction of sp³-hybridized carbons (Fsp3) is 0.812. The molecule has 5 nitrogen and oxygen atoms in total. The van der Waals surface area contributed by atoms with Crippen molar-refractivity contribution in [2.24, 2.45) is 0 Å². The summed E-state index contributed by atoms with van der Waals surface area (Å²) >= 11 is 0. The zero-order chi connectivity index (χ0) is 16.6. The third-order valence-corrected chi connectivity index (χ3v) is 4.52. The van der Waals surface area contributed by atoms with Crippen molar-refractivity contribution in [1.82, 2.24) is 0 Å². The molecule has 0 amide bonds. The van der Waals surface area contributed by atoms with Gasteiger partial charge in [-0.15, -0.1) is 0 Å². The third-order valence-electron chi connectivity index (χ3n) is 3.00. The first-order chi connectivity index (χ1) is 10.6. The molecule has 0 saturated heterocycles. The third kappa shape index (κ3) is 13.0. The van der Waals surface area contributed by atoms with Gasteiger partial charge >= 0.3 is 15.5 Å². The van der Waals surface area contributed by atoms with Gasteiger partial charge in [0.05, 0.1) is 6.10 Å². The molecule has 6 heteroatoms. The highest BCUT2D eigenvalue weighted by Gasteiger charge is 2.15. The summed E-state index contributed by atoms with van der Waals surface area (Å²) < 4.78 is 22.3. The van der Waals surface area contributed by atoms with E-state index < -0.39 is 9.53 Å². The molecule has 22 heavy (non-hydrogen) atoms. The van der Waals surface area contributed by atoms with Gasteiger partial charge in [-0.2, -0.15) is 0 Å². The van der Waals surface area contributed by atoms with E-state index in [9.17, 15) is 4.79 Å². The van der Waals surface area contributed by atoms with Crippen LogP contribution in [0.15, 0.2) is 12.7 Å². The molecule has 0 aliphatic heterocycles. The lowest BCUT2D eigenvalue weighted by molar-refractivity contribution is -0.142. The van der Waals surface area contributed by atoms with Crippen LogP contribution in [0.4, 0.5) is 0 Å². The number of ether oxygens (including phenoxy) is 1. The summed E-state index contributed by atoms with van der Waals surface area (Å²) in [4.78, 5) is 11.1. The van der Waals surface area contributed by atoms with Crippen molar-refractivity contribution in [2.75, 3.05) is 19.8 Å². The van der Waals surface area contributed by atoms with Gasteiger partial charge in [0.2, 0.25) is 0 Å². The van der Waals surface area contributed by atoms with Crippen molar-refractivity contribution >= 4 is 15.5 Å². The molecule has 0 aromatic carbocycles. The molecule has 1 unspecified atom stereocenters. The average Bonchev–Trinajstić information content (AvgIpc) is 2.51. The van der Waals surface area contributed by atoms with Gasteiger partial charge in [-0.05, 0) is 32.6 Å². The second-order valence-corrected chi connectivity index (χ2v) is 6.78. The first-order valence-electron chi connectivity index (χ1n) is 8.31. The summed E-state index contributed by atoms with van der Waals surface area (Å²) in [6.07, 6.45) is 6.87. The first kappa shape index (κ1) is 21.3. The van der Waals surface area contributed by atoms with Crippen molar-refractivity contribution in [2.45, 2.75) is 65.4 Å². The van der Waals surface area contributed by atoms with E-state index in [0.29, 0.717) is 19.8 Å². The Kier molecular flexibility index (Phi) is 14.7. The number of rotatable bonds is 15. The van der Waals surface area contributed by atoms with Crippen molar-refractivity contribution in [3.05, 3.63) is 12.7 Å². The van der Waals surface area contributed by atoms with E-state index in [0.717, 1.165) is 38.5 Å². The minimum atomic E-state index is -2.02. The first-order valence-corrected chi connectivity index (χ1v) is 9.73. The fourth-order valence-corrected chi connectivity index (χ4v) is 3.01. The number of carbonyl (C=O) groups is 1. The minimum Gasteiger partial charge on any atom is -0.460 e. The molecular weight excluding hydrogens is 300 g/mol. The predicted molar refractivity (Wildman–Crippen MR) is 89.8 cm³/mol. The molecule has 0 rings (SSSR count). The van der Waals surface area contributed by atoms with Crippen LogP contribution in [-0.2, 0) is 22.8 Å². The lowest BCUT2D eigenvalue weighted by Gasteiger charge is -2.17. The van der Waals surface area contributed by atoms with Crippen LogP contribution >= 0.6 is 0 Å². The standard InChI is InChI=1S/C16H32O5Si/c1-5-8-12-18-22(19-13-9-6-2)20-14-10-11-15(4)21-16(17)7-3/h7,15,22H,3,5-6,8-14H2,1-2,4H3. The van der Waals surface area contributed by atoms with Crippen LogP contribution < -0.4 is 0 Å². The summed E-state index contributed by atoms with van der Waals surface area (Å²) in [7, 11) is -2.02. The SMILES string of the molecule is C=CC(=O)OC(C)CCCO[SiH](OCCCC)OCCCC. The van der Waals surface area contributed by atoms with Crippen LogP contribution in [0, 0.1) is 0 Å². The van der Waals surface area contributed by atoms with E-state index in [1.165, 1.54) is 6.08 Å². The average molecular weight is 333 g/mol. The van der Waals surface area contributed by atoms with Gasteiger partial charge in [-0.3, -0.25) is 0 Å². The summed E-state index contributed by atoms with van der Waals surface area (Å²) in [5.74, 6) is -0.383. The van der Waals surface area contributed by atoms with Crippen LogP contribution in [0.1, 0.15) is 59.3 Å². The summed E-state index contributed by atoms with van der Waals surface area (Å²) in [5.41, 5.74) is 0. The molecule has 0 aliphatic rings. The lowest BCUT2D eigenvalue weighted by atomic mass is 10.2. The maximum Gasteiger partial charge on any atom is 0.484 e. The molecule has 0 saturated carbocycles. The largest absolute Gasteiger partial charge is 0.484 e. The smallest absolute Gasteiger partial charge is 0.460 e. The molecule has 1 atom stereocenters. The van der Waals surface area contributed by atoms with Gasteiger partial charge in [0, 0.05) is 25.9 Å². The van der Waals surface area contributed by atoms with Gasteiger partial charge in [0.15, 0.2) is 0 Å². The lowest BCUT2D eigenvalue weighted by Crippen LogP contribution is -2.29. The molecule has 0 fully saturated rings. The Bertz CT molecular complexity index is 276. The van der Waals surface area contributed by atoms with E-state index in [1.807, 2.05) is 6.92 Å². The van der Waals surface area contributed by atoms with Crippen LogP contribution in [0.2, 0.25) is 0 Å². The van der Waals surface area contributed by atoms with Crippen LogP contribution in [0.5, 0.6) is 0 Å². The molecule has 0 bridgehead atoms. The molecule has 0 aromatic heterocycles. The van der Waals surface area contributed by atoms with Gasteiger partial charge < -0.3 is 18.0 Å². The van der Waals surface area contributed by atoms with Gasteiger partial charge in [-0.1, -0.05) is 33.3 Å². The van der Waals surface area contributed by atoms with E-state index in [1.54, 1.807) is 0 Å². The number of hydrogen-bond acceptors (Lipinski definition) is 5. The molecule has 0 N–H and O–H groups in total. The highest BCUT2D eigenvalue weighted by Crippen LogP contribution is 2.05. The van der Waals surface area contributed by atoms with E-state index in [2.05, 4.69) is 20.4 Å². The molecular formula is C16H32O5Si. The maximum absolute atomic E-state index is 11.1. The topological polar surface area (TPSA) is 54.0 Å². The number of unbranched alkanes of at least 4 members (excludes halogenated alkanes) is 2. The molecule has 0 aromatic rings. The van der Waals surface area contributed by atoms with Crippen LogP contribution in [0.3, 0.4) is 0 Å². The zero-order valence-corrected chi connectivity index (χ0v) is 15.5. The van der Waals surface area contributed by atoms with Gasteiger partial charge in [-0.25, -0.2) is 4.79 Å². The molecule has 0 aliphatic carbocycles. The molecule has 0 radical (unpaired) electrons. The Balaban J connectivity index is 3.84. The van der Waals surface area contributed by atoms with E-state index >= 15 is 0 Å². The van der Waals surface area contributed by atoms with Gasteiger partial charge in [0.25, 0.3) is 0 Å². The quantitative estimate of drug-likeness (QED) is 0.199. The van der Waals surface area contributed by atoms with Crippen molar-refractivity contribution in [1.29, 1.82) is 0 Å². The van der Waals surface area contributed by atoms with Crippen LogP contribution in [0.25, 0.3) is 0 Å². The van der Waals surface area contributed by atoms with Gasteiger partial charge in [0.1, 0.15) is 0 Å². The number of hydrogen-bond donors (Lipinski definition) is 0. The Morgan fingerprint density at radius 2 is 1.55 bits per heavy atom. The Morgan fingerprint density at radius 3 is 2.00 bits per heavy atom. The Labute approximate surface area is 136 Å². The highest BCUT2D eigenvalue weighted by atomic mass is 28.3. The second kappa shape index (κ2) is 15.2. The second-order valence-electron chi connectivity index (χ2n) is 5.20. The summed E-state index contributed by atoms with van der Waals surface area (Å²) in [5, 5.41) is 0. The van der Waals surface area contributed by atoms with Crippen LogP contribution in [-0.4, -0.2) is 41.4 Å². The summed E-state index contributed by atoms with van der Waals surface area (Å²) in [6, 6.07) is 0. The minimum absolute atomic E-state index is 0.128. The van der Waals surface area contributed by atoms with E-state index in [-0.39, 0.29) is 12.1 Å². The zero-order valence-electron chi connectivity index (χ0n) is 14.3. The highest BCUT2D eigenvalue weighted by molar-refractivity contribution is 6.36. The predicted octanol–water partition coefficient (Wildman–Crippen LogP) is 3.25. The van der Waals surface area contributed by atoms with E-state index in [4.69, 9.17) is 18.0 Å². The fourth-order valence-electron chi connectivity index (χ4n) is 1.65. The Morgan fingerprint density at radius 1 is 1.05 bits per heavy atom.